The Bertz CT molecular complexity index is 757. The Morgan fingerprint density at radius 1 is 1.04 bits per heavy atom. The van der Waals surface area contributed by atoms with Crippen LogP contribution < -0.4 is 0 Å². The van der Waals surface area contributed by atoms with Crippen LogP contribution in [0.5, 0.6) is 0 Å². The Morgan fingerprint density at radius 2 is 1.62 bits per heavy atom. The molecule has 0 aromatic heterocycles. The summed E-state index contributed by atoms with van der Waals surface area (Å²) in [7, 11) is -2.22. The summed E-state index contributed by atoms with van der Waals surface area (Å²) in [5.41, 5.74) is 0. The van der Waals surface area contributed by atoms with Gasteiger partial charge in [-0.15, -0.1) is 0 Å². The van der Waals surface area contributed by atoms with Crippen molar-refractivity contribution in [2.24, 2.45) is 0 Å². The predicted molar refractivity (Wildman–Crippen MR) is 82.9 cm³/mol. The van der Waals surface area contributed by atoms with Crippen molar-refractivity contribution in [3.05, 3.63) is 30.1 Å². The van der Waals surface area contributed by atoms with Gasteiger partial charge in [0.25, 0.3) is 0 Å². The van der Waals surface area contributed by atoms with E-state index in [9.17, 15) is 22.4 Å². The smallest absolute Gasteiger partial charge is 0.246 e. The molecule has 2 heterocycles. The minimum atomic E-state index is -3.68. The summed E-state index contributed by atoms with van der Waals surface area (Å²) in [4.78, 5) is 26.7. The van der Waals surface area contributed by atoms with E-state index in [0.717, 1.165) is 17.0 Å². The van der Waals surface area contributed by atoms with Crippen molar-refractivity contribution in [3.8, 4) is 0 Å². The molecule has 1 aromatic rings. The van der Waals surface area contributed by atoms with Crippen LogP contribution >= 0.6 is 0 Å². The number of piperazine rings is 1. The van der Waals surface area contributed by atoms with Crippen molar-refractivity contribution in [1.82, 2.24) is 14.1 Å². The number of amides is 2. The molecule has 0 spiro atoms. The first-order chi connectivity index (χ1) is 11.3. The van der Waals surface area contributed by atoms with Gasteiger partial charge in [0.2, 0.25) is 21.8 Å². The summed E-state index contributed by atoms with van der Waals surface area (Å²) in [5.74, 6) is -0.950. The molecule has 7 nitrogen and oxygen atoms in total. The first-order valence-electron chi connectivity index (χ1n) is 7.61. The number of rotatable bonds is 3. The number of imide groups is 1. The second kappa shape index (κ2) is 6.23. The highest BCUT2D eigenvalue weighted by atomic mass is 32.2. The fraction of sp³-hybridized carbons (Fsp3) is 0.467. The van der Waals surface area contributed by atoms with Crippen molar-refractivity contribution in [3.63, 3.8) is 0 Å². The Balaban J connectivity index is 1.68. The third kappa shape index (κ3) is 2.94. The molecule has 0 aliphatic carbocycles. The molecule has 2 amide bonds. The van der Waals surface area contributed by atoms with Crippen LogP contribution in [0.15, 0.2) is 29.2 Å². The van der Waals surface area contributed by atoms with E-state index in [0.29, 0.717) is 13.1 Å². The highest BCUT2D eigenvalue weighted by Gasteiger charge is 2.41. The highest BCUT2D eigenvalue weighted by Crippen LogP contribution is 2.22. The summed E-state index contributed by atoms with van der Waals surface area (Å²) in [6, 6.07) is 4.21. The maximum Gasteiger partial charge on any atom is 0.246 e. The second-order valence-corrected chi connectivity index (χ2v) is 7.84. The third-order valence-electron chi connectivity index (χ3n) is 4.52. The fourth-order valence-corrected chi connectivity index (χ4v) is 4.45. The highest BCUT2D eigenvalue weighted by molar-refractivity contribution is 7.89. The third-order valence-corrected chi connectivity index (χ3v) is 6.44. The number of likely N-dealkylation sites (tertiary alicyclic amines) is 1. The van der Waals surface area contributed by atoms with E-state index in [1.165, 1.54) is 23.5 Å². The van der Waals surface area contributed by atoms with Gasteiger partial charge in [0.05, 0.1) is 17.4 Å². The van der Waals surface area contributed by atoms with Crippen LogP contribution in [0, 0.1) is 5.82 Å². The number of benzene rings is 1. The van der Waals surface area contributed by atoms with Gasteiger partial charge in [-0.3, -0.25) is 19.4 Å². The second-order valence-electron chi connectivity index (χ2n) is 5.90. The Morgan fingerprint density at radius 3 is 2.12 bits per heavy atom. The number of hydrogen-bond acceptors (Lipinski definition) is 5. The molecule has 24 heavy (non-hydrogen) atoms. The van der Waals surface area contributed by atoms with Crippen LogP contribution in [-0.4, -0.2) is 73.6 Å². The summed E-state index contributed by atoms with van der Waals surface area (Å²) in [6.45, 7) is 1.19. The van der Waals surface area contributed by atoms with Crippen LogP contribution in [-0.2, 0) is 19.6 Å². The van der Waals surface area contributed by atoms with Gasteiger partial charge in [-0.2, -0.15) is 4.31 Å². The van der Waals surface area contributed by atoms with Crippen molar-refractivity contribution in [2.45, 2.75) is 17.4 Å². The van der Waals surface area contributed by atoms with E-state index in [2.05, 4.69) is 0 Å². The van der Waals surface area contributed by atoms with E-state index >= 15 is 0 Å². The van der Waals surface area contributed by atoms with Gasteiger partial charge in [-0.25, -0.2) is 12.8 Å². The van der Waals surface area contributed by atoms with Crippen LogP contribution in [0.2, 0.25) is 0 Å². The zero-order valence-corrected chi connectivity index (χ0v) is 14.0. The molecule has 130 valence electrons. The molecule has 1 atom stereocenters. The average molecular weight is 355 g/mol. The van der Waals surface area contributed by atoms with Crippen molar-refractivity contribution < 1.29 is 22.4 Å². The summed E-state index contributed by atoms with van der Waals surface area (Å²) >= 11 is 0. The van der Waals surface area contributed by atoms with Gasteiger partial charge in [0.1, 0.15) is 5.82 Å². The monoisotopic (exact) mass is 355 g/mol. The molecular formula is C15H18FN3O4S. The molecule has 2 fully saturated rings. The number of halogens is 1. The Kier molecular flexibility index (Phi) is 4.41. The van der Waals surface area contributed by atoms with E-state index in [-0.39, 0.29) is 36.2 Å². The van der Waals surface area contributed by atoms with Crippen LogP contribution in [0.1, 0.15) is 6.42 Å². The molecule has 9 heteroatoms. The van der Waals surface area contributed by atoms with E-state index < -0.39 is 21.9 Å². The van der Waals surface area contributed by atoms with Gasteiger partial charge in [-0.05, 0) is 24.3 Å². The number of carbonyl (C=O) groups is 2. The lowest BCUT2D eigenvalue weighted by atomic mass is 10.2. The first kappa shape index (κ1) is 17.0. The average Bonchev–Trinajstić information content (AvgIpc) is 2.83. The first-order valence-corrected chi connectivity index (χ1v) is 9.05. The standard InChI is InChI=1S/C15H18FN3O4S/c1-17-14(20)10-13(15(17)21)18-6-8-19(9-7-18)24(22,23)12-4-2-11(16)3-5-12/h2-5,13H,6-10H2,1H3/t13-/m0/s1. The maximum absolute atomic E-state index is 13.0. The van der Waals surface area contributed by atoms with E-state index in [1.54, 1.807) is 0 Å². The Hall–Kier alpha value is -1.84. The number of sulfonamides is 1. The lowest BCUT2D eigenvalue weighted by Gasteiger charge is -2.36. The molecule has 1 aromatic carbocycles. The van der Waals surface area contributed by atoms with Gasteiger partial charge in [0.15, 0.2) is 0 Å². The lowest BCUT2D eigenvalue weighted by Crippen LogP contribution is -2.53. The van der Waals surface area contributed by atoms with E-state index in [1.807, 2.05) is 4.90 Å². The van der Waals surface area contributed by atoms with Gasteiger partial charge >= 0.3 is 0 Å². The predicted octanol–water partition coefficient (Wildman–Crippen LogP) is -0.111. The quantitative estimate of drug-likeness (QED) is 0.707. The van der Waals surface area contributed by atoms with Crippen LogP contribution in [0.4, 0.5) is 4.39 Å². The summed E-state index contributed by atoms with van der Waals surface area (Å²) in [6.07, 6.45) is 0.139. The molecule has 0 radical (unpaired) electrons. The lowest BCUT2D eigenvalue weighted by molar-refractivity contribution is -0.138. The molecule has 2 aliphatic heterocycles. The maximum atomic E-state index is 13.0. The van der Waals surface area contributed by atoms with Gasteiger partial charge in [-0.1, -0.05) is 0 Å². The molecule has 2 aliphatic rings. The SMILES string of the molecule is CN1C(=O)C[C@H](N2CCN(S(=O)(=O)c3ccc(F)cc3)CC2)C1=O. The number of nitrogens with zero attached hydrogens (tertiary/aromatic N) is 3. The van der Waals surface area contributed by atoms with Crippen molar-refractivity contribution >= 4 is 21.8 Å². The molecule has 0 saturated carbocycles. The normalized spacial score (nSPS) is 23.9. The fourth-order valence-electron chi connectivity index (χ4n) is 3.03. The topological polar surface area (TPSA) is 78.0 Å². The molecule has 0 N–H and O–H groups in total. The number of likely N-dealkylation sites (N-methyl/N-ethyl adjacent to an activating group) is 1. The molecule has 0 unspecified atom stereocenters. The number of carbonyl (C=O) groups excluding carboxylic acids is 2. The van der Waals surface area contributed by atoms with Crippen molar-refractivity contribution in [2.75, 3.05) is 33.2 Å². The molecule has 3 rings (SSSR count). The number of hydrogen-bond donors (Lipinski definition) is 0. The van der Waals surface area contributed by atoms with Gasteiger partial charge in [0, 0.05) is 33.2 Å². The van der Waals surface area contributed by atoms with E-state index in [4.69, 9.17) is 0 Å². The Labute approximate surface area is 139 Å². The molecule has 0 bridgehead atoms. The van der Waals surface area contributed by atoms with Crippen LogP contribution in [0.25, 0.3) is 0 Å². The summed E-state index contributed by atoms with van der Waals surface area (Å²) < 4.78 is 39.4. The van der Waals surface area contributed by atoms with Gasteiger partial charge < -0.3 is 0 Å². The molecule has 2 saturated heterocycles. The summed E-state index contributed by atoms with van der Waals surface area (Å²) in [5, 5.41) is 0. The molecular weight excluding hydrogens is 337 g/mol. The zero-order chi connectivity index (χ0) is 17.5. The van der Waals surface area contributed by atoms with Crippen molar-refractivity contribution in [1.29, 1.82) is 0 Å². The zero-order valence-electron chi connectivity index (χ0n) is 13.2. The largest absolute Gasteiger partial charge is 0.289 e. The minimum Gasteiger partial charge on any atom is -0.289 e. The minimum absolute atomic E-state index is 0.0456. The van der Waals surface area contributed by atoms with Crippen LogP contribution in [0.3, 0.4) is 0 Å².